The summed E-state index contributed by atoms with van der Waals surface area (Å²) < 4.78 is 12.0. The molecule has 2 heterocycles. The van der Waals surface area contributed by atoms with Crippen molar-refractivity contribution in [3.63, 3.8) is 0 Å². The number of aromatic amines is 1. The fourth-order valence-electron chi connectivity index (χ4n) is 2.49. The van der Waals surface area contributed by atoms with Gasteiger partial charge < -0.3 is 24.7 Å². The zero-order valence-electron chi connectivity index (χ0n) is 14.6. The molecule has 1 aromatic rings. The standard InChI is InChI=1S/C15H22Br2N4O4/c1-15(2,3)25-14(23)21-6-5-8(9(7-21)24-4)18-13(22)12-19-10(16)11(17)20-12/h8-9H,5-7H2,1-4H3,(H,18,22)(H,19,20). The fraction of sp³-hybridized carbons (Fsp3) is 0.667. The lowest BCUT2D eigenvalue weighted by Crippen LogP contribution is -2.56. The number of carbonyl (C=O) groups excluding carboxylic acids is 2. The summed E-state index contributed by atoms with van der Waals surface area (Å²) in [4.78, 5) is 33.1. The molecule has 1 aromatic heterocycles. The molecule has 0 aromatic carbocycles. The molecule has 0 bridgehead atoms. The molecule has 1 aliphatic rings. The minimum absolute atomic E-state index is 0.197. The highest BCUT2D eigenvalue weighted by Gasteiger charge is 2.35. The van der Waals surface area contributed by atoms with Crippen LogP contribution >= 0.6 is 31.9 Å². The van der Waals surface area contributed by atoms with Gasteiger partial charge in [0.1, 0.15) is 14.8 Å². The molecule has 0 radical (unpaired) electrons. The van der Waals surface area contributed by atoms with Gasteiger partial charge in [-0.3, -0.25) is 4.79 Å². The van der Waals surface area contributed by atoms with Crippen molar-refractivity contribution in [2.24, 2.45) is 0 Å². The maximum absolute atomic E-state index is 12.3. The molecule has 2 amide bonds. The van der Waals surface area contributed by atoms with Crippen molar-refractivity contribution in [2.45, 2.75) is 44.9 Å². The van der Waals surface area contributed by atoms with E-state index >= 15 is 0 Å². The van der Waals surface area contributed by atoms with Crippen LogP contribution < -0.4 is 5.32 Å². The molecular formula is C15H22Br2N4O4. The number of aromatic nitrogens is 2. The van der Waals surface area contributed by atoms with Crippen LogP contribution in [-0.4, -0.2) is 64.8 Å². The van der Waals surface area contributed by atoms with E-state index in [0.29, 0.717) is 28.7 Å². The van der Waals surface area contributed by atoms with Crippen LogP contribution in [0.3, 0.4) is 0 Å². The Morgan fingerprint density at radius 2 is 2.04 bits per heavy atom. The molecule has 1 fully saturated rings. The van der Waals surface area contributed by atoms with Gasteiger partial charge >= 0.3 is 6.09 Å². The minimum atomic E-state index is -0.551. The lowest BCUT2D eigenvalue weighted by molar-refractivity contribution is -0.0172. The number of imidazole rings is 1. The van der Waals surface area contributed by atoms with Crippen molar-refractivity contribution < 1.29 is 19.1 Å². The number of nitrogens with zero attached hydrogens (tertiary/aromatic N) is 2. The van der Waals surface area contributed by atoms with Crippen LogP contribution in [0, 0.1) is 0 Å². The molecule has 140 valence electrons. The van der Waals surface area contributed by atoms with Crippen LogP contribution in [0.15, 0.2) is 9.21 Å². The molecule has 8 nitrogen and oxygen atoms in total. The first-order valence-electron chi connectivity index (χ1n) is 7.83. The van der Waals surface area contributed by atoms with Crippen molar-refractivity contribution in [2.75, 3.05) is 20.2 Å². The van der Waals surface area contributed by atoms with E-state index in [0.717, 1.165) is 0 Å². The Kier molecular flexibility index (Phi) is 6.50. The Hall–Kier alpha value is -1.13. The van der Waals surface area contributed by atoms with Gasteiger partial charge in [0.2, 0.25) is 0 Å². The molecule has 2 atom stereocenters. The summed E-state index contributed by atoms with van der Waals surface area (Å²) in [5.41, 5.74) is -0.551. The van der Waals surface area contributed by atoms with Crippen molar-refractivity contribution in [1.82, 2.24) is 20.2 Å². The quantitative estimate of drug-likeness (QED) is 0.691. The third-order valence-corrected chi connectivity index (χ3v) is 5.34. The molecule has 2 unspecified atom stereocenters. The number of likely N-dealkylation sites (tertiary alicyclic amines) is 1. The zero-order valence-corrected chi connectivity index (χ0v) is 17.7. The van der Waals surface area contributed by atoms with Gasteiger partial charge in [-0.05, 0) is 59.1 Å². The van der Waals surface area contributed by atoms with Gasteiger partial charge in [0, 0.05) is 13.7 Å². The maximum atomic E-state index is 12.3. The smallest absolute Gasteiger partial charge is 0.410 e. The summed E-state index contributed by atoms with van der Waals surface area (Å²) in [6.45, 7) is 6.30. The molecular weight excluding hydrogens is 460 g/mol. The Morgan fingerprint density at radius 1 is 1.36 bits per heavy atom. The largest absolute Gasteiger partial charge is 0.444 e. The van der Waals surface area contributed by atoms with Crippen LogP contribution in [0.2, 0.25) is 0 Å². The molecule has 1 aliphatic heterocycles. The number of H-pyrrole nitrogens is 1. The predicted molar refractivity (Wildman–Crippen MR) is 98.5 cm³/mol. The Labute approximate surface area is 163 Å². The van der Waals surface area contributed by atoms with E-state index in [9.17, 15) is 9.59 Å². The van der Waals surface area contributed by atoms with Gasteiger partial charge in [-0.25, -0.2) is 9.78 Å². The lowest BCUT2D eigenvalue weighted by Gasteiger charge is -2.38. The molecule has 0 aliphatic carbocycles. The molecule has 2 rings (SSSR count). The number of carbonyl (C=O) groups is 2. The molecule has 1 saturated heterocycles. The Bertz CT molecular complexity index is 624. The van der Waals surface area contributed by atoms with Crippen LogP contribution in [0.4, 0.5) is 4.79 Å². The third kappa shape index (κ3) is 5.42. The maximum Gasteiger partial charge on any atom is 0.410 e. The molecule has 10 heteroatoms. The first kappa shape index (κ1) is 20.2. The normalized spacial score (nSPS) is 21.1. The summed E-state index contributed by atoms with van der Waals surface area (Å²) in [5.74, 6) is -0.132. The highest BCUT2D eigenvalue weighted by atomic mass is 79.9. The number of halogens is 2. The van der Waals surface area contributed by atoms with Gasteiger partial charge in [0.05, 0.1) is 18.7 Å². The van der Waals surface area contributed by atoms with Gasteiger partial charge in [0.15, 0.2) is 5.82 Å². The second kappa shape index (κ2) is 8.05. The predicted octanol–water partition coefficient (Wildman–Crippen LogP) is 2.69. The number of piperidine rings is 1. The van der Waals surface area contributed by atoms with Gasteiger partial charge in [0.25, 0.3) is 5.91 Å². The Balaban J connectivity index is 1.97. The molecule has 0 saturated carbocycles. The number of rotatable bonds is 3. The van der Waals surface area contributed by atoms with E-state index in [4.69, 9.17) is 9.47 Å². The first-order chi connectivity index (χ1) is 11.6. The summed E-state index contributed by atoms with van der Waals surface area (Å²) in [6, 6.07) is -0.223. The number of amides is 2. The minimum Gasteiger partial charge on any atom is -0.444 e. The van der Waals surface area contributed by atoms with Crippen molar-refractivity contribution >= 4 is 43.9 Å². The van der Waals surface area contributed by atoms with Crippen LogP contribution in [0.25, 0.3) is 0 Å². The Morgan fingerprint density at radius 3 is 2.56 bits per heavy atom. The number of nitrogens with one attached hydrogen (secondary N) is 2. The fourth-order valence-corrected chi connectivity index (χ4v) is 3.04. The number of hydrogen-bond donors (Lipinski definition) is 2. The topological polar surface area (TPSA) is 96.6 Å². The van der Waals surface area contributed by atoms with E-state index in [1.807, 2.05) is 20.8 Å². The summed E-state index contributed by atoms with van der Waals surface area (Å²) in [7, 11) is 1.56. The lowest BCUT2D eigenvalue weighted by atomic mass is 10.0. The van der Waals surface area contributed by atoms with E-state index in [1.165, 1.54) is 0 Å². The summed E-state index contributed by atoms with van der Waals surface area (Å²) in [5, 5.41) is 2.91. The number of ether oxygens (including phenoxy) is 2. The highest BCUT2D eigenvalue weighted by Crippen LogP contribution is 2.21. The average Bonchev–Trinajstić information content (AvgIpc) is 2.85. The zero-order chi connectivity index (χ0) is 18.8. The van der Waals surface area contributed by atoms with Crippen LogP contribution in [0.5, 0.6) is 0 Å². The highest BCUT2D eigenvalue weighted by molar-refractivity contribution is 9.13. The second-order valence-electron chi connectivity index (χ2n) is 6.76. The third-order valence-electron chi connectivity index (χ3n) is 3.66. The van der Waals surface area contributed by atoms with Crippen molar-refractivity contribution in [3.05, 3.63) is 15.0 Å². The summed E-state index contributed by atoms with van der Waals surface area (Å²) in [6.07, 6.45) is -0.141. The molecule has 0 spiro atoms. The van der Waals surface area contributed by atoms with Gasteiger partial charge in [-0.1, -0.05) is 0 Å². The van der Waals surface area contributed by atoms with E-state index < -0.39 is 5.60 Å². The summed E-state index contributed by atoms with van der Waals surface area (Å²) >= 11 is 6.49. The van der Waals surface area contributed by atoms with Gasteiger partial charge in [-0.15, -0.1) is 0 Å². The van der Waals surface area contributed by atoms with Gasteiger partial charge in [-0.2, -0.15) is 0 Å². The monoisotopic (exact) mass is 480 g/mol. The van der Waals surface area contributed by atoms with E-state index in [1.54, 1.807) is 12.0 Å². The van der Waals surface area contributed by atoms with Crippen LogP contribution in [-0.2, 0) is 9.47 Å². The second-order valence-corrected chi connectivity index (χ2v) is 8.30. The molecule has 2 N–H and O–H groups in total. The average molecular weight is 482 g/mol. The first-order valence-corrected chi connectivity index (χ1v) is 9.42. The van der Waals surface area contributed by atoms with Crippen LogP contribution in [0.1, 0.15) is 37.8 Å². The molecule has 25 heavy (non-hydrogen) atoms. The van der Waals surface area contributed by atoms with Crippen molar-refractivity contribution in [3.8, 4) is 0 Å². The van der Waals surface area contributed by atoms with E-state index in [-0.39, 0.29) is 30.0 Å². The SMILES string of the molecule is COC1CN(C(=O)OC(C)(C)C)CCC1NC(=O)c1nc(Br)c(Br)[nH]1. The van der Waals surface area contributed by atoms with E-state index in [2.05, 4.69) is 47.1 Å². The number of methoxy groups -OCH3 is 1. The number of hydrogen-bond acceptors (Lipinski definition) is 5. The van der Waals surface area contributed by atoms with Crippen molar-refractivity contribution in [1.29, 1.82) is 0 Å².